The van der Waals surface area contributed by atoms with Gasteiger partial charge in [-0.05, 0) is 46.2 Å². The van der Waals surface area contributed by atoms with Crippen LogP contribution in [0.1, 0.15) is 16.7 Å². The summed E-state index contributed by atoms with van der Waals surface area (Å²) in [6.45, 7) is 2.18. The van der Waals surface area contributed by atoms with Gasteiger partial charge >= 0.3 is 6.18 Å². The molecule has 1 aliphatic rings. The second kappa shape index (κ2) is 8.36. The van der Waals surface area contributed by atoms with E-state index in [2.05, 4.69) is 5.10 Å². The van der Waals surface area contributed by atoms with Gasteiger partial charge in [-0.15, -0.1) is 0 Å². The molecule has 28 heavy (non-hydrogen) atoms. The molecule has 1 fully saturated rings. The molecule has 1 unspecified atom stereocenters. The molecule has 1 saturated heterocycles. The summed E-state index contributed by atoms with van der Waals surface area (Å²) in [6, 6.07) is 5.26. The van der Waals surface area contributed by atoms with Crippen LogP contribution in [0.25, 0.3) is 0 Å². The van der Waals surface area contributed by atoms with Gasteiger partial charge in [-0.25, -0.2) is 4.45 Å². The number of rotatable bonds is 4. The molecule has 1 aromatic heterocycles. The molecule has 0 radical (unpaired) electrons. The Bertz CT molecular complexity index is 951. The third kappa shape index (κ3) is 4.32. The first-order chi connectivity index (χ1) is 13.2. The highest BCUT2D eigenvalue weighted by Crippen LogP contribution is 2.32. The van der Waals surface area contributed by atoms with Crippen LogP contribution in [0.4, 0.5) is 18.9 Å². The number of amides is 1. The molecule has 1 amide bonds. The van der Waals surface area contributed by atoms with Crippen LogP contribution in [-0.4, -0.2) is 40.0 Å². The van der Waals surface area contributed by atoms with E-state index in [1.165, 1.54) is 27.6 Å². The van der Waals surface area contributed by atoms with E-state index in [1.807, 2.05) is 22.0 Å². The molecule has 2 aromatic rings. The number of carbonyl (C=O) groups excluding carboxylic acids is 1. The summed E-state index contributed by atoms with van der Waals surface area (Å²) in [5.74, 6) is -0.317. The molecular formula is C17H17F3IN4O2P. The van der Waals surface area contributed by atoms with Gasteiger partial charge in [0.2, 0.25) is 5.91 Å². The molecule has 0 N–H and O–H groups in total. The molecule has 11 heteroatoms. The lowest BCUT2D eigenvalue weighted by atomic mass is 10.1. The lowest BCUT2D eigenvalue weighted by Gasteiger charge is -2.36. The van der Waals surface area contributed by atoms with Crippen LogP contribution >= 0.6 is 28.4 Å². The van der Waals surface area contributed by atoms with E-state index in [0.29, 0.717) is 17.8 Å². The summed E-state index contributed by atoms with van der Waals surface area (Å²) >= 11 is 2.05. The van der Waals surface area contributed by atoms with Crippen LogP contribution in [0.15, 0.2) is 35.3 Å². The average molecular weight is 524 g/mol. The zero-order valence-electron chi connectivity index (χ0n) is 14.8. The summed E-state index contributed by atoms with van der Waals surface area (Å²) in [5.41, 5.74) is 0.144. The van der Waals surface area contributed by atoms with E-state index in [-0.39, 0.29) is 43.0 Å². The summed E-state index contributed by atoms with van der Waals surface area (Å²) in [5, 5.41) is 4.05. The fraction of sp³-hybridized carbons (Fsp3) is 0.353. The van der Waals surface area contributed by atoms with E-state index in [9.17, 15) is 22.8 Å². The van der Waals surface area contributed by atoms with Gasteiger partial charge in [-0.1, -0.05) is 18.2 Å². The predicted molar refractivity (Wildman–Crippen MR) is 110 cm³/mol. The average Bonchev–Trinajstić information content (AvgIpc) is 2.63. The first-order valence-corrected chi connectivity index (χ1v) is 12.4. The number of hydrogen-bond donors (Lipinski definition) is 0. The predicted octanol–water partition coefficient (Wildman–Crippen LogP) is 3.21. The number of nitrogens with zero attached hydrogens (tertiary/aromatic N) is 4. The first kappa shape index (κ1) is 21.0. The fourth-order valence-corrected chi connectivity index (χ4v) is 4.49. The Morgan fingerprint density at radius 1 is 1.21 bits per heavy atom. The summed E-state index contributed by atoms with van der Waals surface area (Å²) in [7, 11) is 0. The number of aromatic nitrogens is 2. The second-order valence-corrected chi connectivity index (χ2v) is 8.41. The van der Waals surface area contributed by atoms with E-state index in [4.69, 9.17) is 0 Å². The van der Waals surface area contributed by atoms with E-state index < -0.39 is 11.7 Å². The Balaban J connectivity index is 1.79. The van der Waals surface area contributed by atoms with Crippen molar-refractivity contribution in [2.45, 2.75) is 19.6 Å². The molecule has 0 bridgehead atoms. The molecule has 1 atom stereocenters. The maximum atomic E-state index is 13.2. The second-order valence-electron chi connectivity index (χ2n) is 6.37. The number of piperazine rings is 1. The summed E-state index contributed by atoms with van der Waals surface area (Å²) in [6.07, 6.45) is -2.76. The zero-order chi connectivity index (χ0) is 20.5. The molecular weight excluding hydrogens is 507 g/mol. The van der Waals surface area contributed by atoms with E-state index >= 15 is 0 Å². The largest absolute Gasteiger partial charge is 0.416 e. The normalized spacial score (nSPS) is 15.7. The van der Waals surface area contributed by atoms with Crippen LogP contribution in [0.3, 0.4) is 0 Å². The van der Waals surface area contributed by atoms with Crippen molar-refractivity contribution in [1.82, 2.24) is 14.5 Å². The molecule has 6 nitrogen and oxygen atoms in total. The van der Waals surface area contributed by atoms with E-state index in [1.54, 1.807) is 18.0 Å². The van der Waals surface area contributed by atoms with Crippen molar-refractivity contribution in [3.63, 3.8) is 0 Å². The van der Waals surface area contributed by atoms with Crippen LogP contribution in [0.2, 0.25) is 0 Å². The van der Waals surface area contributed by atoms with E-state index in [0.717, 1.165) is 6.07 Å². The topological polar surface area (TPSA) is 58.4 Å². The van der Waals surface area contributed by atoms with Crippen molar-refractivity contribution in [2.24, 2.45) is 0 Å². The van der Waals surface area contributed by atoms with Crippen LogP contribution in [-0.2, 0) is 17.5 Å². The minimum absolute atomic E-state index is 0.0569. The lowest BCUT2D eigenvalue weighted by Crippen LogP contribution is -2.51. The SMILES string of the molecule is Cc1cnn(PI)c(=O)c1N1CCN(Cc2ccccc2C(F)(F)F)C(=O)C1. The van der Waals surface area contributed by atoms with Gasteiger partial charge in [0.1, 0.15) is 5.69 Å². The third-order valence-corrected chi connectivity index (χ3v) is 6.38. The van der Waals surface area contributed by atoms with Crippen molar-refractivity contribution in [1.29, 1.82) is 0 Å². The Kier molecular flexibility index (Phi) is 6.28. The number of alkyl halides is 3. The number of carbonyl (C=O) groups is 1. The van der Waals surface area contributed by atoms with Gasteiger partial charge in [0.05, 0.1) is 24.7 Å². The van der Waals surface area contributed by atoms with Gasteiger partial charge in [0.25, 0.3) is 5.56 Å². The highest BCUT2D eigenvalue weighted by atomic mass is 127. The van der Waals surface area contributed by atoms with Crippen molar-refractivity contribution >= 4 is 40.0 Å². The lowest BCUT2D eigenvalue weighted by molar-refractivity contribution is -0.140. The molecule has 1 aliphatic heterocycles. The van der Waals surface area contributed by atoms with Crippen molar-refractivity contribution in [3.05, 3.63) is 57.5 Å². The molecule has 0 spiro atoms. The van der Waals surface area contributed by atoms with Gasteiger partial charge in [0.15, 0.2) is 0 Å². The molecule has 3 rings (SSSR count). The Hall–Kier alpha value is -1.68. The molecule has 1 aromatic carbocycles. The van der Waals surface area contributed by atoms with Crippen molar-refractivity contribution < 1.29 is 18.0 Å². The van der Waals surface area contributed by atoms with Crippen LogP contribution in [0.5, 0.6) is 0 Å². The minimum Gasteiger partial charge on any atom is -0.356 e. The molecule has 0 aliphatic carbocycles. The van der Waals surface area contributed by atoms with Gasteiger partial charge in [0, 0.05) is 19.6 Å². The van der Waals surface area contributed by atoms with Crippen molar-refractivity contribution in [2.75, 3.05) is 24.5 Å². The Morgan fingerprint density at radius 3 is 2.57 bits per heavy atom. The third-order valence-electron chi connectivity index (χ3n) is 4.53. The molecule has 2 heterocycles. The number of aryl methyl sites for hydroxylation is 1. The number of benzene rings is 1. The first-order valence-electron chi connectivity index (χ1n) is 8.35. The quantitative estimate of drug-likeness (QED) is 0.456. The molecule has 150 valence electrons. The van der Waals surface area contributed by atoms with Gasteiger partial charge in [-0.2, -0.15) is 18.3 Å². The smallest absolute Gasteiger partial charge is 0.356 e. The standard InChI is InChI=1S/C17H17F3IN4O2P/c1-11-8-22-25(28-21)16(27)15(11)24-7-6-23(14(26)10-24)9-12-4-2-3-5-13(12)17(18,19)20/h2-5,8,28H,6-7,9-10H2,1H3. The maximum absolute atomic E-state index is 13.2. The minimum atomic E-state index is -4.47. The van der Waals surface area contributed by atoms with Gasteiger partial charge in [-0.3, -0.25) is 9.59 Å². The van der Waals surface area contributed by atoms with Gasteiger partial charge < -0.3 is 9.80 Å². The Labute approximate surface area is 174 Å². The summed E-state index contributed by atoms with van der Waals surface area (Å²) < 4.78 is 40.9. The highest BCUT2D eigenvalue weighted by Gasteiger charge is 2.34. The number of hydrogen-bond acceptors (Lipinski definition) is 4. The monoisotopic (exact) mass is 524 g/mol. The summed E-state index contributed by atoms with van der Waals surface area (Å²) in [4.78, 5) is 28.2. The number of halogens is 4. The zero-order valence-corrected chi connectivity index (χ0v) is 18.0. The van der Waals surface area contributed by atoms with Crippen LogP contribution < -0.4 is 10.5 Å². The van der Waals surface area contributed by atoms with Crippen LogP contribution in [0, 0.1) is 6.92 Å². The molecule has 0 saturated carbocycles. The van der Waals surface area contributed by atoms with Crippen molar-refractivity contribution in [3.8, 4) is 0 Å². The highest BCUT2D eigenvalue weighted by molar-refractivity contribution is 14.2. The maximum Gasteiger partial charge on any atom is 0.416 e. The number of anilines is 1. The Morgan fingerprint density at radius 2 is 1.93 bits per heavy atom. The fourth-order valence-electron chi connectivity index (χ4n) is 3.18.